The zero-order chi connectivity index (χ0) is 19.1. The minimum atomic E-state index is -0.895. The van der Waals surface area contributed by atoms with Crippen LogP contribution in [0.5, 0.6) is 0 Å². The lowest BCUT2D eigenvalue weighted by atomic mass is 10.1. The van der Waals surface area contributed by atoms with E-state index in [9.17, 15) is 9.59 Å². The number of hydrogen-bond acceptors (Lipinski definition) is 3. The smallest absolute Gasteiger partial charge is 0.305 e. The van der Waals surface area contributed by atoms with Crippen LogP contribution in [0.1, 0.15) is 27.9 Å². The molecular formula is C21H21N3O3. The van der Waals surface area contributed by atoms with Crippen LogP contribution < -0.4 is 0 Å². The third kappa shape index (κ3) is 5.28. The number of carbonyl (C=O) groups is 2. The molecule has 6 heteroatoms. The molecule has 0 radical (unpaired) electrons. The highest BCUT2D eigenvalue weighted by atomic mass is 16.4. The van der Waals surface area contributed by atoms with Gasteiger partial charge in [0, 0.05) is 19.3 Å². The van der Waals surface area contributed by atoms with Gasteiger partial charge in [-0.2, -0.15) is 5.10 Å². The van der Waals surface area contributed by atoms with E-state index in [2.05, 4.69) is 5.10 Å². The lowest BCUT2D eigenvalue weighted by molar-refractivity contribution is -0.137. The van der Waals surface area contributed by atoms with E-state index < -0.39 is 5.97 Å². The van der Waals surface area contributed by atoms with E-state index in [-0.39, 0.29) is 18.9 Å². The summed E-state index contributed by atoms with van der Waals surface area (Å²) in [5, 5.41) is 12.9. The molecule has 27 heavy (non-hydrogen) atoms. The second kappa shape index (κ2) is 8.80. The summed E-state index contributed by atoms with van der Waals surface area (Å²) in [7, 11) is 0. The van der Waals surface area contributed by atoms with Gasteiger partial charge < -0.3 is 10.0 Å². The monoisotopic (exact) mass is 363 g/mol. The van der Waals surface area contributed by atoms with Gasteiger partial charge in [0.05, 0.1) is 24.7 Å². The van der Waals surface area contributed by atoms with Crippen molar-refractivity contribution in [2.75, 3.05) is 0 Å². The van der Waals surface area contributed by atoms with Gasteiger partial charge in [0.25, 0.3) is 5.91 Å². The van der Waals surface area contributed by atoms with E-state index in [0.717, 1.165) is 11.1 Å². The fraction of sp³-hybridized carbons (Fsp3) is 0.190. The molecule has 0 aliphatic carbocycles. The Morgan fingerprint density at radius 3 is 2.00 bits per heavy atom. The van der Waals surface area contributed by atoms with Crippen molar-refractivity contribution in [1.29, 1.82) is 0 Å². The molecule has 1 N–H and O–H groups in total. The molecule has 1 aromatic heterocycles. The molecule has 6 nitrogen and oxygen atoms in total. The van der Waals surface area contributed by atoms with Gasteiger partial charge in [-0.1, -0.05) is 60.7 Å². The Balaban J connectivity index is 1.78. The molecule has 0 spiro atoms. The molecule has 0 unspecified atom stereocenters. The Labute approximate surface area is 157 Å². The lowest BCUT2D eigenvalue weighted by Crippen LogP contribution is -2.30. The molecule has 138 valence electrons. The number of hydrogen-bond donors (Lipinski definition) is 1. The zero-order valence-corrected chi connectivity index (χ0v) is 14.9. The standard InChI is InChI=1S/C21H21N3O3/c25-20(26)11-12-24-16-19(13-22-24)21(27)23(14-17-7-3-1-4-8-17)15-18-9-5-2-6-10-18/h1-10,13,16H,11-12,14-15H2,(H,25,26). The van der Waals surface area contributed by atoms with Crippen molar-refractivity contribution in [2.24, 2.45) is 0 Å². The fourth-order valence-corrected chi connectivity index (χ4v) is 2.80. The minimum Gasteiger partial charge on any atom is -0.481 e. The number of carboxylic acids is 1. The first-order chi connectivity index (χ1) is 13.1. The van der Waals surface area contributed by atoms with Crippen molar-refractivity contribution in [2.45, 2.75) is 26.1 Å². The van der Waals surface area contributed by atoms with Crippen LogP contribution in [0.2, 0.25) is 0 Å². The fourth-order valence-electron chi connectivity index (χ4n) is 2.80. The number of benzene rings is 2. The number of nitrogens with zero attached hydrogens (tertiary/aromatic N) is 3. The first kappa shape index (κ1) is 18.4. The van der Waals surface area contributed by atoms with Gasteiger partial charge in [0.1, 0.15) is 0 Å². The zero-order valence-electron chi connectivity index (χ0n) is 14.9. The van der Waals surface area contributed by atoms with E-state index >= 15 is 0 Å². The lowest BCUT2D eigenvalue weighted by Gasteiger charge is -2.22. The molecule has 0 bridgehead atoms. The largest absolute Gasteiger partial charge is 0.481 e. The maximum absolute atomic E-state index is 13.1. The summed E-state index contributed by atoms with van der Waals surface area (Å²) in [6, 6.07) is 19.6. The Hall–Kier alpha value is -3.41. The van der Waals surface area contributed by atoms with Crippen LogP contribution in [0.25, 0.3) is 0 Å². The second-order valence-electron chi connectivity index (χ2n) is 6.27. The van der Waals surface area contributed by atoms with Gasteiger partial charge in [-0.3, -0.25) is 14.3 Å². The van der Waals surface area contributed by atoms with E-state index in [1.165, 1.54) is 10.9 Å². The molecule has 3 aromatic rings. The summed E-state index contributed by atoms with van der Waals surface area (Å²) in [5.41, 5.74) is 2.53. The maximum atomic E-state index is 13.1. The van der Waals surface area contributed by atoms with Crippen LogP contribution in [0, 0.1) is 0 Å². The molecular weight excluding hydrogens is 342 g/mol. The van der Waals surface area contributed by atoms with Crippen molar-refractivity contribution in [1.82, 2.24) is 14.7 Å². The normalized spacial score (nSPS) is 10.5. The second-order valence-corrected chi connectivity index (χ2v) is 6.27. The van der Waals surface area contributed by atoms with Crippen LogP contribution in [0.4, 0.5) is 0 Å². The predicted molar refractivity (Wildman–Crippen MR) is 101 cm³/mol. The predicted octanol–water partition coefficient (Wildman–Crippen LogP) is 3.20. The quantitative estimate of drug-likeness (QED) is 0.667. The summed E-state index contributed by atoms with van der Waals surface area (Å²) in [5.74, 6) is -1.03. The van der Waals surface area contributed by atoms with E-state index in [1.807, 2.05) is 60.7 Å². The van der Waals surface area contributed by atoms with Crippen molar-refractivity contribution in [3.63, 3.8) is 0 Å². The van der Waals surface area contributed by atoms with Gasteiger partial charge in [0.2, 0.25) is 0 Å². The molecule has 0 aliphatic rings. The van der Waals surface area contributed by atoms with Crippen LogP contribution in [0.15, 0.2) is 73.1 Å². The summed E-state index contributed by atoms with van der Waals surface area (Å²) in [4.78, 5) is 25.5. The molecule has 1 heterocycles. The molecule has 2 aromatic carbocycles. The number of aromatic nitrogens is 2. The summed E-state index contributed by atoms with van der Waals surface area (Å²) in [6.45, 7) is 1.20. The maximum Gasteiger partial charge on any atom is 0.305 e. The van der Waals surface area contributed by atoms with Gasteiger partial charge in [0.15, 0.2) is 0 Å². The average Bonchev–Trinajstić information content (AvgIpc) is 3.16. The molecule has 3 rings (SSSR count). The Morgan fingerprint density at radius 1 is 0.926 bits per heavy atom. The van der Waals surface area contributed by atoms with Crippen molar-refractivity contribution in [3.8, 4) is 0 Å². The van der Waals surface area contributed by atoms with Crippen LogP contribution in [0.3, 0.4) is 0 Å². The number of aryl methyl sites for hydroxylation is 1. The highest BCUT2D eigenvalue weighted by Crippen LogP contribution is 2.14. The molecule has 0 aliphatic heterocycles. The summed E-state index contributed by atoms with van der Waals surface area (Å²) < 4.78 is 1.49. The van der Waals surface area contributed by atoms with E-state index in [4.69, 9.17) is 5.11 Å². The van der Waals surface area contributed by atoms with Crippen molar-refractivity contribution in [3.05, 3.63) is 89.7 Å². The Morgan fingerprint density at radius 2 is 1.48 bits per heavy atom. The molecule has 0 fully saturated rings. The molecule has 0 saturated carbocycles. The summed E-state index contributed by atoms with van der Waals surface area (Å²) >= 11 is 0. The average molecular weight is 363 g/mol. The van der Waals surface area contributed by atoms with Gasteiger partial charge >= 0.3 is 5.97 Å². The third-order valence-corrected chi connectivity index (χ3v) is 4.15. The topological polar surface area (TPSA) is 75.4 Å². The van der Waals surface area contributed by atoms with E-state index in [1.54, 1.807) is 11.1 Å². The highest BCUT2D eigenvalue weighted by molar-refractivity contribution is 5.93. The number of rotatable bonds is 8. The van der Waals surface area contributed by atoms with Gasteiger partial charge in [-0.15, -0.1) is 0 Å². The minimum absolute atomic E-state index is 0.0347. The molecule has 0 atom stereocenters. The number of amides is 1. The SMILES string of the molecule is O=C(O)CCn1cc(C(=O)N(Cc2ccccc2)Cc2ccccc2)cn1. The van der Waals surface area contributed by atoms with E-state index in [0.29, 0.717) is 18.7 Å². The number of aliphatic carboxylic acids is 1. The first-order valence-electron chi connectivity index (χ1n) is 8.73. The van der Waals surface area contributed by atoms with Crippen molar-refractivity contribution >= 4 is 11.9 Å². The highest BCUT2D eigenvalue weighted by Gasteiger charge is 2.18. The molecule has 1 amide bonds. The number of carbonyl (C=O) groups excluding carboxylic acids is 1. The van der Waals surface area contributed by atoms with Crippen LogP contribution >= 0.6 is 0 Å². The van der Waals surface area contributed by atoms with Crippen LogP contribution in [-0.2, 0) is 24.4 Å². The number of carboxylic acid groups (broad SMARTS) is 1. The summed E-state index contributed by atoms with van der Waals surface area (Å²) in [6.07, 6.45) is 3.06. The Bertz CT molecular complexity index is 850. The van der Waals surface area contributed by atoms with Crippen molar-refractivity contribution < 1.29 is 14.7 Å². The molecule has 0 saturated heterocycles. The van der Waals surface area contributed by atoms with Gasteiger partial charge in [-0.25, -0.2) is 0 Å². The van der Waals surface area contributed by atoms with Gasteiger partial charge in [-0.05, 0) is 11.1 Å². The first-order valence-corrected chi connectivity index (χ1v) is 8.73. The third-order valence-electron chi connectivity index (χ3n) is 4.15. The Kier molecular flexibility index (Phi) is 5.99. The van der Waals surface area contributed by atoms with Crippen LogP contribution in [-0.4, -0.2) is 31.7 Å².